The van der Waals surface area contributed by atoms with Gasteiger partial charge >= 0.3 is 0 Å². The van der Waals surface area contributed by atoms with Crippen LogP contribution < -0.4 is 0 Å². The highest BCUT2D eigenvalue weighted by Crippen LogP contribution is 2.28. The van der Waals surface area contributed by atoms with E-state index in [0.717, 1.165) is 90.3 Å². The molecule has 0 amide bonds. The second-order valence-electron chi connectivity index (χ2n) is 6.95. The summed E-state index contributed by atoms with van der Waals surface area (Å²) in [6.45, 7) is 10.9. The van der Waals surface area contributed by atoms with E-state index in [4.69, 9.17) is 9.47 Å². The Kier molecular flexibility index (Phi) is 7.57. The van der Waals surface area contributed by atoms with Gasteiger partial charge < -0.3 is 9.47 Å². The average molecular weight is 423 g/mol. The molecule has 150 valence electrons. The molecule has 4 heterocycles. The van der Waals surface area contributed by atoms with Crippen molar-refractivity contribution in [1.29, 1.82) is 0 Å². The summed E-state index contributed by atoms with van der Waals surface area (Å²) in [5.74, 6) is 2.12. The molecule has 10 heteroatoms. The monoisotopic (exact) mass is 422 g/mol. The van der Waals surface area contributed by atoms with E-state index in [1.54, 1.807) is 0 Å². The second kappa shape index (κ2) is 9.89. The summed E-state index contributed by atoms with van der Waals surface area (Å²) in [5.41, 5.74) is 0. The molecule has 0 aromatic heterocycles. The highest BCUT2D eigenvalue weighted by Gasteiger charge is 2.35. The minimum atomic E-state index is -1.02. The summed E-state index contributed by atoms with van der Waals surface area (Å²) in [6.07, 6.45) is 0. The highest BCUT2D eigenvalue weighted by atomic mass is 32.2. The van der Waals surface area contributed by atoms with Gasteiger partial charge in [0.1, 0.15) is 0 Å². The van der Waals surface area contributed by atoms with Crippen LogP contribution >= 0.6 is 23.5 Å². The maximum absolute atomic E-state index is 13.3. The number of hydrogen-bond donors (Lipinski definition) is 0. The number of nitrogens with zero attached hydrogens (tertiary/aromatic N) is 4. The smallest absolute Gasteiger partial charge is 0.172 e. The molecule has 0 spiro atoms. The van der Waals surface area contributed by atoms with Crippen LogP contribution in [-0.2, 0) is 20.6 Å². The Morgan fingerprint density at radius 1 is 0.692 bits per heavy atom. The summed E-state index contributed by atoms with van der Waals surface area (Å²) < 4.78 is 28.6. The number of rotatable bonds is 4. The number of hydrogen-bond acceptors (Lipinski definition) is 7. The minimum absolute atomic E-state index is 0.450. The normalized spacial score (nSPS) is 35.4. The molecular formula is C16H30N4O3S3. The second-order valence-corrected chi connectivity index (χ2v) is 11.0. The van der Waals surface area contributed by atoms with E-state index < -0.39 is 11.2 Å². The molecule has 4 fully saturated rings. The van der Waals surface area contributed by atoms with Crippen molar-refractivity contribution in [1.82, 2.24) is 18.4 Å². The van der Waals surface area contributed by atoms with Gasteiger partial charge in [-0.05, 0) is 0 Å². The third-order valence-electron chi connectivity index (χ3n) is 5.37. The van der Waals surface area contributed by atoms with Crippen molar-refractivity contribution in [3.8, 4) is 0 Å². The minimum Gasteiger partial charge on any atom is -0.379 e. The fourth-order valence-corrected chi connectivity index (χ4v) is 8.23. The van der Waals surface area contributed by atoms with Crippen LogP contribution in [-0.4, -0.2) is 124 Å². The molecule has 4 aliphatic heterocycles. The molecule has 0 radical (unpaired) electrons. The fourth-order valence-electron chi connectivity index (χ4n) is 3.84. The van der Waals surface area contributed by atoms with Crippen molar-refractivity contribution in [2.24, 2.45) is 0 Å². The maximum Gasteiger partial charge on any atom is 0.172 e. The number of thioether (sulfide) groups is 2. The first-order valence-electron chi connectivity index (χ1n) is 9.60. The van der Waals surface area contributed by atoms with Gasteiger partial charge in [-0.1, -0.05) is 0 Å². The van der Waals surface area contributed by atoms with Gasteiger partial charge in [0.05, 0.1) is 37.2 Å². The van der Waals surface area contributed by atoms with Crippen molar-refractivity contribution < 1.29 is 13.7 Å². The average Bonchev–Trinajstić information content (AvgIpc) is 2.75. The zero-order valence-corrected chi connectivity index (χ0v) is 17.7. The predicted molar refractivity (Wildman–Crippen MR) is 109 cm³/mol. The first-order valence-corrected chi connectivity index (χ1v) is 12.8. The van der Waals surface area contributed by atoms with E-state index in [-0.39, 0.29) is 0 Å². The van der Waals surface area contributed by atoms with Crippen LogP contribution in [0.25, 0.3) is 0 Å². The van der Waals surface area contributed by atoms with E-state index in [9.17, 15) is 4.21 Å². The molecule has 26 heavy (non-hydrogen) atoms. The summed E-state index contributed by atoms with van der Waals surface area (Å²) in [5, 5.41) is 0.900. The Morgan fingerprint density at radius 2 is 1.12 bits per heavy atom. The molecule has 2 atom stereocenters. The Labute approximate surface area is 167 Å². The van der Waals surface area contributed by atoms with Gasteiger partial charge in [0.15, 0.2) is 11.2 Å². The number of morpholine rings is 2. The van der Waals surface area contributed by atoms with Gasteiger partial charge in [-0.2, -0.15) is 0 Å². The van der Waals surface area contributed by atoms with Crippen LogP contribution in [0, 0.1) is 0 Å². The summed E-state index contributed by atoms with van der Waals surface area (Å²) >= 11 is 3.00. The van der Waals surface area contributed by atoms with Crippen molar-refractivity contribution in [2.45, 2.75) is 10.7 Å². The van der Waals surface area contributed by atoms with Crippen LogP contribution in [0.3, 0.4) is 0 Å². The van der Waals surface area contributed by atoms with Crippen LogP contribution in [0.5, 0.6) is 0 Å². The van der Waals surface area contributed by atoms with Crippen molar-refractivity contribution in [3.63, 3.8) is 0 Å². The standard InChI is InChI=1S/C16H30N4O3S3/c21-26(19-5-11-24-15(13-19)17-1-7-22-8-2-17)20-6-12-25-16(14-20)18-3-9-23-10-4-18/h15-16H,1-14H2. The van der Waals surface area contributed by atoms with Crippen LogP contribution in [0.4, 0.5) is 0 Å². The van der Waals surface area contributed by atoms with Gasteiger partial charge in [0, 0.05) is 63.9 Å². The summed E-state index contributed by atoms with van der Waals surface area (Å²) in [6, 6.07) is 0. The highest BCUT2D eigenvalue weighted by molar-refractivity contribution is 8.00. The lowest BCUT2D eigenvalue weighted by atomic mass is 10.4. The quantitative estimate of drug-likeness (QED) is 0.631. The zero-order chi connectivity index (χ0) is 17.8. The van der Waals surface area contributed by atoms with Crippen molar-refractivity contribution >= 4 is 34.7 Å². The fraction of sp³-hybridized carbons (Fsp3) is 1.00. The Balaban J connectivity index is 1.32. The first kappa shape index (κ1) is 19.9. The van der Waals surface area contributed by atoms with Gasteiger partial charge in [0.25, 0.3) is 0 Å². The summed E-state index contributed by atoms with van der Waals surface area (Å²) in [7, 11) is 0. The van der Waals surface area contributed by atoms with Crippen molar-refractivity contribution in [3.05, 3.63) is 0 Å². The SMILES string of the molecule is O=S(N1CCSC(N2CCOCC2)C1)N1CCSC(N2CCOCC2)C1. The van der Waals surface area contributed by atoms with Gasteiger partial charge in [0.2, 0.25) is 0 Å². The first-order chi connectivity index (χ1) is 12.8. The van der Waals surface area contributed by atoms with E-state index in [1.165, 1.54) is 0 Å². The van der Waals surface area contributed by atoms with Crippen LogP contribution in [0.15, 0.2) is 0 Å². The molecule has 0 aliphatic carbocycles. The summed E-state index contributed by atoms with van der Waals surface area (Å²) in [4.78, 5) is 5.00. The molecule has 4 aliphatic rings. The van der Waals surface area contributed by atoms with E-state index in [2.05, 4.69) is 18.4 Å². The molecule has 0 aromatic rings. The Bertz CT molecular complexity index is 438. The lowest BCUT2D eigenvalue weighted by Gasteiger charge is -2.43. The van der Waals surface area contributed by atoms with Gasteiger partial charge in [-0.15, -0.1) is 23.5 Å². The molecule has 0 N–H and O–H groups in total. The third-order valence-corrected chi connectivity index (χ3v) is 9.42. The van der Waals surface area contributed by atoms with E-state index >= 15 is 0 Å². The third kappa shape index (κ3) is 4.96. The lowest BCUT2D eigenvalue weighted by molar-refractivity contribution is 0.0282. The molecule has 4 saturated heterocycles. The molecule has 4 rings (SSSR count). The molecule has 0 saturated carbocycles. The van der Waals surface area contributed by atoms with Crippen LogP contribution in [0.2, 0.25) is 0 Å². The molecular weight excluding hydrogens is 392 g/mol. The van der Waals surface area contributed by atoms with E-state index in [1.807, 2.05) is 23.5 Å². The largest absolute Gasteiger partial charge is 0.379 e. The Morgan fingerprint density at radius 3 is 1.54 bits per heavy atom. The molecule has 0 aromatic carbocycles. The van der Waals surface area contributed by atoms with Gasteiger partial charge in [-0.25, -0.2) is 12.8 Å². The van der Waals surface area contributed by atoms with Crippen molar-refractivity contribution in [2.75, 3.05) is 90.3 Å². The number of ether oxygens (including phenoxy) is 2. The van der Waals surface area contributed by atoms with Gasteiger partial charge in [-0.3, -0.25) is 9.80 Å². The van der Waals surface area contributed by atoms with E-state index in [0.29, 0.717) is 10.7 Å². The molecule has 0 bridgehead atoms. The molecule has 2 unspecified atom stereocenters. The lowest BCUT2D eigenvalue weighted by Crippen LogP contribution is -2.56. The predicted octanol–water partition coefficient (Wildman–Crippen LogP) is -0.0207. The topological polar surface area (TPSA) is 48.5 Å². The molecule has 7 nitrogen and oxygen atoms in total. The zero-order valence-electron chi connectivity index (χ0n) is 15.3. The van der Waals surface area contributed by atoms with Crippen LogP contribution in [0.1, 0.15) is 0 Å². The Hall–Kier alpha value is 0.610. The maximum atomic E-state index is 13.3.